The third-order valence-corrected chi connectivity index (χ3v) is 11.8. The lowest BCUT2D eigenvalue weighted by Gasteiger charge is -2.29. The van der Waals surface area contributed by atoms with Crippen LogP contribution < -0.4 is 4.90 Å². The van der Waals surface area contributed by atoms with E-state index >= 15 is 0 Å². The summed E-state index contributed by atoms with van der Waals surface area (Å²) in [7, 11) is 0. The van der Waals surface area contributed by atoms with Gasteiger partial charge in [0.25, 0.3) is 0 Å². The maximum absolute atomic E-state index is 2.48. The molecule has 0 saturated heterocycles. The van der Waals surface area contributed by atoms with Gasteiger partial charge in [0.2, 0.25) is 0 Å². The second-order valence-electron chi connectivity index (χ2n) is 13.8. The van der Waals surface area contributed by atoms with Crippen LogP contribution in [0.4, 0.5) is 17.1 Å². The fourth-order valence-electron chi connectivity index (χ4n) is 8.19. The second kappa shape index (κ2) is 10.7. The van der Waals surface area contributed by atoms with E-state index in [2.05, 4.69) is 183 Å². The van der Waals surface area contributed by atoms with Crippen LogP contribution in [0.2, 0.25) is 0 Å². The van der Waals surface area contributed by atoms with E-state index in [9.17, 15) is 0 Å². The first-order chi connectivity index (χ1) is 24.0. The molecular weight excluding hydrogens is 611 g/mol. The Kier molecular flexibility index (Phi) is 6.16. The molecule has 0 fully saturated rings. The highest BCUT2D eigenvalue weighted by molar-refractivity contribution is 7.26. The monoisotopic (exact) mass is 643 g/mol. The molecule has 9 aromatic rings. The van der Waals surface area contributed by atoms with Crippen molar-refractivity contribution < 1.29 is 0 Å². The van der Waals surface area contributed by atoms with Gasteiger partial charge in [0.1, 0.15) is 0 Å². The van der Waals surface area contributed by atoms with Crippen molar-refractivity contribution in [2.45, 2.75) is 19.3 Å². The summed E-state index contributed by atoms with van der Waals surface area (Å²) < 4.78 is 2.63. The molecule has 0 spiro atoms. The first-order valence-electron chi connectivity index (χ1n) is 17.0. The van der Waals surface area contributed by atoms with Gasteiger partial charge in [-0.15, -0.1) is 11.3 Å². The number of anilines is 3. The van der Waals surface area contributed by atoms with E-state index in [1.165, 1.54) is 86.5 Å². The standard InChI is InChI=1S/C47H33NS/c1-47(2)41-17-9-7-13-36(41)37-26-25-35(28-42(37)47)48(34-23-21-31(22-24-34)33-20-19-30-11-3-4-12-32(30)27-33)43-29-45-46(39-15-6-5-14-38(39)43)40-16-8-10-18-44(40)49-45/h3-29H,1-2H3. The third-order valence-electron chi connectivity index (χ3n) is 10.6. The van der Waals surface area contributed by atoms with E-state index < -0.39 is 0 Å². The molecule has 1 aliphatic rings. The SMILES string of the molecule is CC1(C)c2ccccc2-c2ccc(N(c3ccc(-c4ccc5ccccc5c4)cc3)c3cc4sc5ccccc5c4c4ccccc34)cc21. The van der Waals surface area contributed by atoms with Gasteiger partial charge in [-0.05, 0) is 92.0 Å². The first-order valence-corrected chi connectivity index (χ1v) is 17.8. The van der Waals surface area contributed by atoms with Gasteiger partial charge in [0.05, 0.1) is 5.69 Å². The van der Waals surface area contributed by atoms with Gasteiger partial charge >= 0.3 is 0 Å². The van der Waals surface area contributed by atoms with Crippen LogP contribution in [0.5, 0.6) is 0 Å². The molecule has 0 unspecified atom stereocenters. The van der Waals surface area contributed by atoms with Gasteiger partial charge < -0.3 is 4.90 Å². The van der Waals surface area contributed by atoms with Crippen molar-refractivity contribution in [1.82, 2.24) is 0 Å². The van der Waals surface area contributed by atoms with Crippen LogP contribution in [0.25, 0.3) is 64.0 Å². The van der Waals surface area contributed by atoms with E-state index in [-0.39, 0.29) is 5.41 Å². The summed E-state index contributed by atoms with van der Waals surface area (Å²) in [5.74, 6) is 0. The second-order valence-corrected chi connectivity index (χ2v) is 14.8. The summed E-state index contributed by atoms with van der Waals surface area (Å²) in [5.41, 5.74) is 11.3. The summed E-state index contributed by atoms with van der Waals surface area (Å²) in [6.45, 7) is 4.73. The van der Waals surface area contributed by atoms with Crippen molar-refractivity contribution in [3.63, 3.8) is 0 Å². The number of thiophene rings is 1. The van der Waals surface area contributed by atoms with E-state index in [1.54, 1.807) is 0 Å². The molecule has 0 N–H and O–H groups in total. The Hall–Kier alpha value is -5.70. The lowest BCUT2D eigenvalue weighted by atomic mass is 9.82. The Labute approximate surface area is 290 Å². The summed E-state index contributed by atoms with van der Waals surface area (Å²) >= 11 is 1.88. The van der Waals surface area contributed by atoms with Crippen molar-refractivity contribution in [3.05, 3.63) is 175 Å². The number of fused-ring (bicyclic) bond motifs is 9. The smallest absolute Gasteiger partial charge is 0.0554 e. The molecule has 1 aliphatic carbocycles. The predicted molar refractivity (Wildman–Crippen MR) is 212 cm³/mol. The number of nitrogens with zero attached hydrogens (tertiary/aromatic N) is 1. The summed E-state index contributed by atoms with van der Waals surface area (Å²) in [4.78, 5) is 2.48. The Morgan fingerprint density at radius 1 is 0.449 bits per heavy atom. The van der Waals surface area contributed by atoms with Crippen molar-refractivity contribution in [2.24, 2.45) is 0 Å². The normalized spacial score (nSPS) is 13.3. The predicted octanol–water partition coefficient (Wildman–Crippen LogP) is 13.8. The largest absolute Gasteiger partial charge is 0.310 e. The molecule has 2 heteroatoms. The summed E-state index contributed by atoms with van der Waals surface area (Å²) in [6, 6.07) is 60.7. The van der Waals surface area contributed by atoms with Crippen LogP contribution in [0.3, 0.4) is 0 Å². The Morgan fingerprint density at radius 3 is 1.96 bits per heavy atom. The van der Waals surface area contributed by atoms with Gasteiger partial charge in [-0.25, -0.2) is 0 Å². The van der Waals surface area contributed by atoms with Gasteiger partial charge in [-0.2, -0.15) is 0 Å². The van der Waals surface area contributed by atoms with E-state index in [0.717, 1.165) is 5.69 Å². The molecule has 10 rings (SSSR count). The summed E-state index contributed by atoms with van der Waals surface area (Å²) in [6.07, 6.45) is 0. The minimum Gasteiger partial charge on any atom is -0.310 e. The van der Waals surface area contributed by atoms with Gasteiger partial charge in [-0.3, -0.25) is 0 Å². The number of hydrogen-bond acceptors (Lipinski definition) is 2. The summed E-state index contributed by atoms with van der Waals surface area (Å²) in [5, 5.41) is 7.74. The van der Waals surface area contributed by atoms with Crippen molar-refractivity contribution in [2.75, 3.05) is 4.90 Å². The molecule has 0 saturated carbocycles. The molecule has 0 aliphatic heterocycles. The van der Waals surface area contributed by atoms with Gasteiger partial charge in [-0.1, -0.05) is 135 Å². The van der Waals surface area contributed by atoms with Crippen LogP contribution in [0.1, 0.15) is 25.0 Å². The zero-order valence-electron chi connectivity index (χ0n) is 27.4. The Morgan fingerprint density at radius 2 is 1.10 bits per heavy atom. The molecular formula is C47H33NS. The highest BCUT2D eigenvalue weighted by atomic mass is 32.1. The fourth-order valence-corrected chi connectivity index (χ4v) is 9.34. The van der Waals surface area contributed by atoms with E-state index in [4.69, 9.17) is 0 Å². The molecule has 8 aromatic carbocycles. The molecule has 232 valence electrons. The average Bonchev–Trinajstić information content (AvgIpc) is 3.64. The van der Waals surface area contributed by atoms with Crippen LogP contribution in [0.15, 0.2) is 164 Å². The average molecular weight is 644 g/mol. The molecule has 0 amide bonds. The van der Waals surface area contributed by atoms with Crippen LogP contribution in [-0.2, 0) is 5.41 Å². The molecule has 0 atom stereocenters. The maximum atomic E-state index is 2.48. The minimum absolute atomic E-state index is 0.0922. The van der Waals surface area contributed by atoms with E-state index in [0.29, 0.717) is 0 Å². The maximum Gasteiger partial charge on any atom is 0.0554 e. The van der Waals surface area contributed by atoms with Crippen LogP contribution in [0, 0.1) is 0 Å². The van der Waals surface area contributed by atoms with Gasteiger partial charge in [0, 0.05) is 42.3 Å². The Balaban J connectivity index is 1.20. The van der Waals surface area contributed by atoms with Crippen molar-refractivity contribution >= 4 is 70.1 Å². The quantitative estimate of drug-likeness (QED) is 0.184. The molecule has 1 aromatic heterocycles. The van der Waals surface area contributed by atoms with Crippen molar-refractivity contribution in [1.29, 1.82) is 0 Å². The van der Waals surface area contributed by atoms with Crippen molar-refractivity contribution in [3.8, 4) is 22.3 Å². The highest BCUT2D eigenvalue weighted by Gasteiger charge is 2.36. The zero-order valence-corrected chi connectivity index (χ0v) is 28.3. The molecule has 49 heavy (non-hydrogen) atoms. The molecule has 1 heterocycles. The fraction of sp³-hybridized carbons (Fsp3) is 0.0638. The van der Waals surface area contributed by atoms with Crippen LogP contribution >= 0.6 is 11.3 Å². The molecule has 0 radical (unpaired) electrons. The first kappa shape index (κ1) is 28.3. The van der Waals surface area contributed by atoms with Crippen LogP contribution in [-0.4, -0.2) is 0 Å². The highest BCUT2D eigenvalue weighted by Crippen LogP contribution is 2.52. The van der Waals surface area contributed by atoms with E-state index in [1.807, 2.05) is 11.3 Å². The number of rotatable bonds is 4. The third kappa shape index (κ3) is 4.31. The number of hydrogen-bond donors (Lipinski definition) is 0. The topological polar surface area (TPSA) is 3.24 Å². The Bertz CT molecular complexity index is 2750. The molecule has 1 nitrogen and oxygen atoms in total. The molecule has 0 bridgehead atoms. The zero-order chi connectivity index (χ0) is 32.7. The lowest BCUT2D eigenvalue weighted by Crippen LogP contribution is -2.16. The van der Waals surface area contributed by atoms with Gasteiger partial charge in [0.15, 0.2) is 0 Å². The lowest BCUT2D eigenvalue weighted by molar-refractivity contribution is 0.660. The number of benzene rings is 8. The minimum atomic E-state index is -0.0922.